The molecule has 0 amide bonds. The smallest absolute Gasteiger partial charge is 0.0670 e. The first kappa shape index (κ1) is 18.0. The minimum atomic E-state index is -0.381. The SMILES string of the molecule is Cl.OC12CC3CC(C1)CC(NCc1ccc(-c4ccccc4)cc1)(C3)C2. The second-order valence-corrected chi connectivity index (χ2v) is 8.88. The summed E-state index contributed by atoms with van der Waals surface area (Å²) in [5.41, 5.74) is 3.67. The topological polar surface area (TPSA) is 32.3 Å². The molecular formula is C23H28ClNO. The van der Waals surface area contributed by atoms with Crippen LogP contribution in [-0.2, 0) is 6.54 Å². The standard InChI is InChI=1S/C23H27NO.ClH/c25-23-13-18-10-19(14-23)12-22(11-18,16-23)24-15-17-6-8-21(9-7-17)20-4-2-1-3-5-20;/h1-9,18-19,24-25H,10-16H2;1H. The van der Waals surface area contributed by atoms with Crippen molar-refractivity contribution in [1.82, 2.24) is 5.32 Å². The lowest BCUT2D eigenvalue weighted by Gasteiger charge is -2.60. The Labute approximate surface area is 162 Å². The highest BCUT2D eigenvalue weighted by atomic mass is 35.5. The number of aliphatic hydroxyl groups is 1. The van der Waals surface area contributed by atoms with Crippen molar-refractivity contribution in [2.45, 2.75) is 56.2 Å². The second-order valence-electron chi connectivity index (χ2n) is 8.88. The van der Waals surface area contributed by atoms with Gasteiger partial charge in [-0.05, 0) is 67.1 Å². The highest BCUT2D eigenvalue weighted by Gasteiger charge is 2.56. The Kier molecular flexibility index (Phi) is 4.63. The normalized spacial score (nSPS) is 34.5. The molecule has 4 saturated carbocycles. The summed E-state index contributed by atoms with van der Waals surface area (Å²) in [6.07, 6.45) is 6.89. The molecule has 4 bridgehead atoms. The van der Waals surface area contributed by atoms with E-state index >= 15 is 0 Å². The summed E-state index contributed by atoms with van der Waals surface area (Å²) in [6.45, 7) is 0.907. The van der Waals surface area contributed by atoms with Crippen molar-refractivity contribution >= 4 is 12.4 Å². The van der Waals surface area contributed by atoms with Gasteiger partial charge in [0.15, 0.2) is 0 Å². The van der Waals surface area contributed by atoms with Gasteiger partial charge in [0, 0.05) is 12.1 Å². The maximum absolute atomic E-state index is 10.9. The van der Waals surface area contributed by atoms with Crippen molar-refractivity contribution in [3.8, 4) is 11.1 Å². The first-order valence-corrected chi connectivity index (χ1v) is 9.73. The predicted molar refractivity (Wildman–Crippen MR) is 108 cm³/mol. The maximum Gasteiger partial charge on any atom is 0.0670 e. The zero-order valence-corrected chi connectivity index (χ0v) is 16.0. The molecule has 2 aromatic rings. The molecule has 4 aliphatic rings. The van der Waals surface area contributed by atoms with Crippen molar-refractivity contribution < 1.29 is 5.11 Å². The zero-order valence-electron chi connectivity index (χ0n) is 15.2. The van der Waals surface area contributed by atoms with Gasteiger partial charge in [-0.1, -0.05) is 54.6 Å². The minimum Gasteiger partial charge on any atom is -0.390 e. The molecular weight excluding hydrogens is 342 g/mol. The lowest BCUT2D eigenvalue weighted by molar-refractivity contribution is -0.142. The van der Waals surface area contributed by atoms with Crippen LogP contribution in [0.2, 0.25) is 0 Å². The molecule has 3 heteroatoms. The lowest BCUT2D eigenvalue weighted by atomic mass is 9.51. The number of hydrogen-bond acceptors (Lipinski definition) is 2. The number of hydrogen-bond donors (Lipinski definition) is 2. The van der Waals surface area contributed by atoms with Gasteiger partial charge in [0.2, 0.25) is 0 Å². The Morgan fingerprint density at radius 2 is 1.46 bits per heavy atom. The number of halogens is 1. The van der Waals surface area contributed by atoms with Crippen molar-refractivity contribution in [2.75, 3.05) is 0 Å². The van der Waals surface area contributed by atoms with Crippen LogP contribution in [0.25, 0.3) is 11.1 Å². The van der Waals surface area contributed by atoms with E-state index in [1.165, 1.54) is 36.0 Å². The molecule has 0 heterocycles. The molecule has 0 spiro atoms. The first-order chi connectivity index (χ1) is 12.1. The third-order valence-electron chi connectivity index (χ3n) is 6.76. The largest absolute Gasteiger partial charge is 0.390 e. The van der Waals surface area contributed by atoms with E-state index in [9.17, 15) is 5.11 Å². The van der Waals surface area contributed by atoms with Crippen LogP contribution in [0.3, 0.4) is 0 Å². The summed E-state index contributed by atoms with van der Waals surface area (Å²) in [5.74, 6) is 1.47. The van der Waals surface area contributed by atoms with Crippen molar-refractivity contribution in [3.63, 3.8) is 0 Å². The molecule has 26 heavy (non-hydrogen) atoms. The fraction of sp³-hybridized carbons (Fsp3) is 0.478. The summed E-state index contributed by atoms with van der Waals surface area (Å²) in [5, 5.41) is 14.8. The van der Waals surface area contributed by atoms with E-state index < -0.39 is 0 Å². The van der Waals surface area contributed by atoms with Gasteiger partial charge in [-0.3, -0.25) is 0 Å². The molecule has 0 radical (unpaired) electrons. The fourth-order valence-electron chi connectivity index (χ4n) is 6.16. The van der Waals surface area contributed by atoms with Gasteiger partial charge in [0.1, 0.15) is 0 Å². The average Bonchev–Trinajstić information content (AvgIpc) is 2.59. The quantitative estimate of drug-likeness (QED) is 0.799. The van der Waals surface area contributed by atoms with E-state index in [0.29, 0.717) is 0 Å². The Hall–Kier alpha value is -1.35. The highest BCUT2D eigenvalue weighted by Crippen LogP contribution is 2.57. The van der Waals surface area contributed by atoms with Crippen LogP contribution < -0.4 is 5.32 Å². The van der Waals surface area contributed by atoms with Crippen LogP contribution in [0, 0.1) is 11.8 Å². The molecule has 0 aliphatic heterocycles. The third kappa shape index (κ3) is 3.31. The summed E-state index contributed by atoms with van der Waals surface area (Å²) < 4.78 is 0. The molecule has 2 N–H and O–H groups in total. The molecule has 4 aliphatic carbocycles. The van der Waals surface area contributed by atoms with Crippen molar-refractivity contribution in [3.05, 3.63) is 60.2 Å². The summed E-state index contributed by atoms with van der Waals surface area (Å²) in [4.78, 5) is 0. The van der Waals surface area contributed by atoms with Gasteiger partial charge in [-0.15, -0.1) is 12.4 Å². The summed E-state index contributed by atoms with van der Waals surface area (Å²) in [7, 11) is 0. The van der Waals surface area contributed by atoms with Crippen LogP contribution in [0.5, 0.6) is 0 Å². The highest BCUT2D eigenvalue weighted by molar-refractivity contribution is 5.85. The van der Waals surface area contributed by atoms with E-state index in [2.05, 4.69) is 59.9 Å². The molecule has 138 valence electrons. The minimum absolute atomic E-state index is 0. The second kappa shape index (κ2) is 6.67. The van der Waals surface area contributed by atoms with Crippen LogP contribution in [-0.4, -0.2) is 16.2 Å². The molecule has 4 fully saturated rings. The van der Waals surface area contributed by atoms with Gasteiger partial charge in [-0.2, -0.15) is 0 Å². The Balaban J connectivity index is 0.00000168. The molecule has 0 saturated heterocycles. The van der Waals surface area contributed by atoms with Crippen LogP contribution >= 0.6 is 12.4 Å². The fourth-order valence-corrected chi connectivity index (χ4v) is 6.16. The van der Waals surface area contributed by atoms with Gasteiger partial charge in [0.25, 0.3) is 0 Å². The van der Waals surface area contributed by atoms with Gasteiger partial charge >= 0.3 is 0 Å². The van der Waals surface area contributed by atoms with E-state index in [1.54, 1.807) is 0 Å². The van der Waals surface area contributed by atoms with Crippen LogP contribution in [0.1, 0.15) is 44.1 Å². The van der Waals surface area contributed by atoms with Gasteiger partial charge in [0.05, 0.1) is 5.60 Å². The molecule has 6 rings (SSSR count). The summed E-state index contributed by atoms with van der Waals surface area (Å²) in [6, 6.07) is 19.5. The number of nitrogens with one attached hydrogen (secondary N) is 1. The van der Waals surface area contributed by atoms with E-state index in [4.69, 9.17) is 0 Å². The molecule has 2 aromatic carbocycles. The van der Waals surface area contributed by atoms with Gasteiger partial charge < -0.3 is 10.4 Å². The zero-order chi connectivity index (χ0) is 16.9. The van der Waals surface area contributed by atoms with Gasteiger partial charge in [-0.25, -0.2) is 0 Å². The Morgan fingerprint density at radius 3 is 2.08 bits per heavy atom. The van der Waals surface area contributed by atoms with E-state index in [0.717, 1.165) is 37.6 Å². The first-order valence-electron chi connectivity index (χ1n) is 9.73. The van der Waals surface area contributed by atoms with Crippen molar-refractivity contribution in [2.24, 2.45) is 11.8 Å². The van der Waals surface area contributed by atoms with E-state index in [1.807, 2.05) is 0 Å². The monoisotopic (exact) mass is 369 g/mol. The Bertz CT molecular complexity index is 744. The molecule has 2 atom stereocenters. The maximum atomic E-state index is 10.9. The van der Waals surface area contributed by atoms with Crippen LogP contribution in [0.15, 0.2) is 54.6 Å². The lowest BCUT2D eigenvalue weighted by Crippen LogP contribution is -2.64. The predicted octanol–water partition coefficient (Wildman–Crippen LogP) is 4.95. The third-order valence-corrected chi connectivity index (χ3v) is 6.76. The molecule has 2 unspecified atom stereocenters. The summed E-state index contributed by atoms with van der Waals surface area (Å²) >= 11 is 0. The number of benzene rings is 2. The van der Waals surface area contributed by atoms with Crippen molar-refractivity contribution in [1.29, 1.82) is 0 Å². The Morgan fingerprint density at radius 1 is 0.846 bits per heavy atom. The average molecular weight is 370 g/mol. The molecule has 2 nitrogen and oxygen atoms in total. The molecule has 0 aromatic heterocycles. The number of rotatable bonds is 4. The van der Waals surface area contributed by atoms with Crippen LogP contribution in [0.4, 0.5) is 0 Å². The van der Waals surface area contributed by atoms with E-state index in [-0.39, 0.29) is 23.5 Å².